The molecule has 0 amide bonds. The molecule has 25 heavy (non-hydrogen) atoms. The molecule has 128 valence electrons. The van der Waals surface area contributed by atoms with Crippen LogP contribution in [0.3, 0.4) is 0 Å². The van der Waals surface area contributed by atoms with Crippen molar-refractivity contribution in [3.63, 3.8) is 0 Å². The third-order valence-electron chi connectivity index (χ3n) is 3.69. The molecule has 0 unspecified atom stereocenters. The van der Waals surface area contributed by atoms with Gasteiger partial charge < -0.3 is 10.1 Å². The maximum atomic E-state index is 6.34. The molecule has 0 bridgehead atoms. The van der Waals surface area contributed by atoms with Crippen molar-refractivity contribution in [2.24, 2.45) is 0 Å². The highest BCUT2D eigenvalue weighted by molar-refractivity contribution is 6.33. The molecule has 3 rings (SSSR count). The van der Waals surface area contributed by atoms with Gasteiger partial charge in [-0.3, -0.25) is 0 Å². The van der Waals surface area contributed by atoms with Crippen molar-refractivity contribution >= 4 is 40.5 Å². The molecule has 0 radical (unpaired) electrons. The Morgan fingerprint density at radius 3 is 2.20 bits per heavy atom. The number of halogens is 3. The van der Waals surface area contributed by atoms with E-state index in [4.69, 9.17) is 39.5 Å². The molecule has 0 saturated carbocycles. The van der Waals surface area contributed by atoms with Crippen LogP contribution in [0.15, 0.2) is 66.7 Å². The minimum atomic E-state index is 0.372. The number of nitrogens with one attached hydrogen (secondary N) is 1. The van der Waals surface area contributed by atoms with Crippen molar-refractivity contribution in [1.29, 1.82) is 0 Å². The number of hydrogen-bond donors (Lipinski definition) is 1. The number of benzene rings is 3. The highest BCUT2D eigenvalue weighted by Crippen LogP contribution is 2.28. The molecule has 0 aliphatic heterocycles. The van der Waals surface area contributed by atoms with Crippen molar-refractivity contribution < 1.29 is 4.74 Å². The standard InChI is InChI=1S/C20H16Cl3NO/c21-16-6-2-1-5-15(16)13-25-20-10-9-14(11-18(20)23)12-24-19-8-4-3-7-17(19)22/h1-11,24H,12-13H2. The molecule has 2 nitrogen and oxygen atoms in total. The van der Waals surface area contributed by atoms with Crippen LogP contribution in [0.4, 0.5) is 5.69 Å². The number of anilines is 1. The first-order chi connectivity index (χ1) is 12.1. The van der Waals surface area contributed by atoms with Crippen molar-refractivity contribution in [3.8, 4) is 5.75 Å². The summed E-state index contributed by atoms with van der Waals surface area (Å²) in [7, 11) is 0. The maximum Gasteiger partial charge on any atom is 0.138 e. The summed E-state index contributed by atoms with van der Waals surface area (Å²) in [5, 5.41) is 5.22. The van der Waals surface area contributed by atoms with Crippen LogP contribution >= 0.6 is 34.8 Å². The topological polar surface area (TPSA) is 21.3 Å². The third-order valence-corrected chi connectivity index (χ3v) is 4.69. The summed E-state index contributed by atoms with van der Waals surface area (Å²) in [5.41, 5.74) is 2.85. The molecule has 0 heterocycles. The van der Waals surface area contributed by atoms with Crippen molar-refractivity contribution in [1.82, 2.24) is 0 Å². The van der Waals surface area contributed by atoms with Gasteiger partial charge in [-0.2, -0.15) is 0 Å². The molecule has 0 fully saturated rings. The van der Waals surface area contributed by atoms with Crippen molar-refractivity contribution in [3.05, 3.63) is 92.9 Å². The van der Waals surface area contributed by atoms with E-state index in [9.17, 15) is 0 Å². The molecule has 0 atom stereocenters. The average Bonchev–Trinajstić information content (AvgIpc) is 2.61. The van der Waals surface area contributed by atoms with E-state index in [1.54, 1.807) is 0 Å². The summed E-state index contributed by atoms with van der Waals surface area (Å²) >= 11 is 18.6. The zero-order chi connectivity index (χ0) is 17.6. The fraction of sp³-hybridized carbons (Fsp3) is 0.100. The normalized spacial score (nSPS) is 10.5. The molecule has 0 aliphatic carbocycles. The number of rotatable bonds is 6. The molecule has 0 saturated heterocycles. The minimum absolute atomic E-state index is 0.372. The lowest BCUT2D eigenvalue weighted by Crippen LogP contribution is -2.01. The first-order valence-electron chi connectivity index (χ1n) is 7.76. The molecule has 3 aromatic carbocycles. The fourth-order valence-electron chi connectivity index (χ4n) is 2.34. The fourth-order valence-corrected chi connectivity index (χ4v) is 2.99. The van der Waals surface area contributed by atoms with Crippen LogP contribution in [0.5, 0.6) is 5.75 Å². The van der Waals surface area contributed by atoms with Gasteiger partial charge >= 0.3 is 0 Å². The molecule has 0 aromatic heterocycles. The van der Waals surface area contributed by atoms with Crippen LogP contribution in [-0.2, 0) is 13.2 Å². The van der Waals surface area contributed by atoms with Crippen LogP contribution in [-0.4, -0.2) is 0 Å². The van der Waals surface area contributed by atoms with Gasteiger partial charge in [0, 0.05) is 17.1 Å². The first kappa shape index (κ1) is 17.9. The van der Waals surface area contributed by atoms with E-state index in [0.29, 0.717) is 34.0 Å². The second-order valence-electron chi connectivity index (χ2n) is 5.48. The van der Waals surface area contributed by atoms with E-state index in [1.165, 1.54) is 0 Å². The number of para-hydroxylation sites is 1. The van der Waals surface area contributed by atoms with Crippen molar-refractivity contribution in [2.45, 2.75) is 13.2 Å². The summed E-state index contributed by atoms with van der Waals surface area (Å²) in [5.74, 6) is 0.628. The Hall–Kier alpha value is -1.87. The molecule has 5 heteroatoms. The Bertz CT molecular complexity index is 867. The Morgan fingerprint density at radius 1 is 0.760 bits per heavy atom. The minimum Gasteiger partial charge on any atom is -0.487 e. The Labute approximate surface area is 162 Å². The monoisotopic (exact) mass is 391 g/mol. The SMILES string of the molecule is Clc1ccccc1COc1ccc(CNc2ccccc2Cl)cc1Cl. The predicted octanol–water partition coefficient (Wildman–Crippen LogP) is 6.84. The highest BCUT2D eigenvalue weighted by Gasteiger charge is 2.06. The van der Waals surface area contributed by atoms with Crippen LogP contribution in [0.1, 0.15) is 11.1 Å². The Balaban J connectivity index is 1.63. The van der Waals surface area contributed by atoms with E-state index >= 15 is 0 Å². The van der Waals surface area contributed by atoms with E-state index in [-0.39, 0.29) is 0 Å². The first-order valence-corrected chi connectivity index (χ1v) is 8.90. The summed E-state index contributed by atoms with van der Waals surface area (Å²) in [4.78, 5) is 0. The predicted molar refractivity (Wildman–Crippen MR) is 106 cm³/mol. The van der Waals surface area contributed by atoms with Gasteiger partial charge in [0.25, 0.3) is 0 Å². The van der Waals surface area contributed by atoms with Crippen LogP contribution < -0.4 is 10.1 Å². The second-order valence-corrected chi connectivity index (χ2v) is 6.70. The zero-order valence-electron chi connectivity index (χ0n) is 13.3. The van der Waals surface area contributed by atoms with Gasteiger partial charge in [-0.25, -0.2) is 0 Å². The highest BCUT2D eigenvalue weighted by atomic mass is 35.5. The smallest absolute Gasteiger partial charge is 0.138 e. The van der Waals surface area contributed by atoms with Gasteiger partial charge in [0.05, 0.1) is 15.7 Å². The van der Waals surface area contributed by atoms with Gasteiger partial charge in [-0.1, -0.05) is 71.2 Å². The van der Waals surface area contributed by atoms with Gasteiger partial charge in [0.2, 0.25) is 0 Å². The maximum absolute atomic E-state index is 6.34. The van der Waals surface area contributed by atoms with E-state index in [1.807, 2.05) is 66.7 Å². The summed E-state index contributed by atoms with van der Waals surface area (Å²) in [6, 6.07) is 20.9. The van der Waals surface area contributed by atoms with Gasteiger partial charge in [-0.05, 0) is 35.9 Å². The molecular formula is C20H16Cl3NO. The van der Waals surface area contributed by atoms with E-state index < -0.39 is 0 Å². The van der Waals surface area contributed by atoms with Crippen molar-refractivity contribution in [2.75, 3.05) is 5.32 Å². The number of ether oxygens (including phenoxy) is 1. The lowest BCUT2D eigenvalue weighted by molar-refractivity contribution is 0.306. The van der Waals surface area contributed by atoms with Gasteiger partial charge in [0.1, 0.15) is 12.4 Å². The molecule has 3 aromatic rings. The lowest BCUT2D eigenvalue weighted by Gasteiger charge is -2.12. The lowest BCUT2D eigenvalue weighted by atomic mass is 10.2. The van der Waals surface area contributed by atoms with Crippen LogP contribution in [0.2, 0.25) is 15.1 Å². The van der Waals surface area contributed by atoms with Gasteiger partial charge in [0.15, 0.2) is 0 Å². The average molecular weight is 393 g/mol. The number of hydrogen-bond acceptors (Lipinski definition) is 2. The summed E-state index contributed by atoms with van der Waals surface area (Å²) in [6.07, 6.45) is 0. The zero-order valence-corrected chi connectivity index (χ0v) is 15.6. The third kappa shape index (κ3) is 4.82. The molecule has 1 N–H and O–H groups in total. The van der Waals surface area contributed by atoms with Crippen LogP contribution in [0.25, 0.3) is 0 Å². The van der Waals surface area contributed by atoms with E-state index in [0.717, 1.165) is 16.8 Å². The largest absolute Gasteiger partial charge is 0.487 e. The van der Waals surface area contributed by atoms with Crippen LogP contribution in [0, 0.1) is 0 Å². The quantitative estimate of drug-likeness (QED) is 0.496. The summed E-state index contributed by atoms with van der Waals surface area (Å²) < 4.78 is 5.78. The summed E-state index contributed by atoms with van der Waals surface area (Å²) in [6.45, 7) is 0.991. The molecule has 0 aliphatic rings. The Morgan fingerprint density at radius 2 is 1.48 bits per heavy atom. The molecule has 0 spiro atoms. The Kier molecular flexibility index (Phi) is 6.09. The molecular weight excluding hydrogens is 377 g/mol. The van der Waals surface area contributed by atoms with Gasteiger partial charge in [-0.15, -0.1) is 0 Å². The van der Waals surface area contributed by atoms with E-state index in [2.05, 4.69) is 5.32 Å². The second kappa shape index (κ2) is 8.48.